The van der Waals surface area contributed by atoms with Gasteiger partial charge in [-0.3, -0.25) is 0 Å². The molecule has 0 bridgehead atoms. The number of nitrogens with zero attached hydrogens (tertiary/aromatic N) is 2. The third kappa shape index (κ3) is 7.22. The zero-order valence-electron chi connectivity index (χ0n) is 24.6. The lowest BCUT2D eigenvalue weighted by molar-refractivity contribution is -0.577. The fourth-order valence-electron chi connectivity index (χ4n) is 4.51. The predicted octanol–water partition coefficient (Wildman–Crippen LogP) is 4.72. The lowest BCUT2D eigenvalue weighted by Crippen LogP contribution is -2.40. The van der Waals surface area contributed by atoms with E-state index in [1.807, 2.05) is 48.8 Å². The van der Waals surface area contributed by atoms with E-state index in [2.05, 4.69) is 46.9 Å². The van der Waals surface area contributed by atoms with Gasteiger partial charge in [-0.05, 0) is 57.5 Å². The second kappa shape index (κ2) is 12.0. The van der Waals surface area contributed by atoms with E-state index in [4.69, 9.17) is 17.0 Å². The van der Waals surface area contributed by atoms with Crippen molar-refractivity contribution in [1.82, 2.24) is 4.31 Å². The summed E-state index contributed by atoms with van der Waals surface area (Å²) in [5.74, 6) is -0.219. The van der Waals surface area contributed by atoms with Gasteiger partial charge in [0, 0.05) is 30.9 Å². The third-order valence-corrected chi connectivity index (χ3v) is 9.33. The number of pyridine rings is 1. The molecule has 0 aliphatic carbocycles. The van der Waals surface area contributed by atoms with Gasteiger partial charge in [0.2, 0.25) is 15.7 Å². The zero-order chi connectivity index (χ0) is 30.0. The molecule has 1 aromatic heterocycles. The molecule has 7 nitrogen and oxygen atoms in total. The molecule has 1 fully saturated rings. The molecule has 0 unspecified atom stereocenters. The van der Waals surface area contributed by atoms with Gasteiger partial charge in [-0.15, -0.1) is 0 Å². The Labute approximate surface area is 249 Å². The number of sulfonamides is 1. The molecular formula is C32H39N3O4S2. The topological polar surface area (TPSA) is 85.6 Å². The van der Waals surface area contributed by atoms with Crippen LogP contribution < -0.4 is 15.0 Å². The molecule has 1 aliphatic rings. The number of thiocarbonyl (C=S) groups is 1. The first kappa shape index (κ1) is 30.8. The first-order valence-electron chi connectivity index (χ1n) is 13.7. The maximum atomic E-state index is 13.9. The van der Waals surface area contributed by atoms with Gasteiger partial charge in [-0.25, -0.2) is 8.42 Å². The van der Waals surface area contributed by atoms with Crippen molar-refractivity contribution >= 4 is 44.4 Å². The molecule has 1 N–H and O–H groups in total. The van der Waals surface area contributed by atoms with E-state index >= 15 is 0 Å². The van der Waals surface area contributed by atoms with E-state index in [1.54, 1.807) is 28.8 Å². The summed E-state index contributed by atoms with van der Waals surface area (Å²) in [6, 6.07) is 18.0. The second-order valence-electron chi connectivity index (χ2n) is 12.2. The third-order valence-electron chi connectivity index (χ3n) is 7.12. The van der Waals surface area contributed by atoms with Gasteiger partial charge in [0.25, 0.3) is 0 Å². The van der Waals surface area contributed by atoms with Crippen LogP contribution in [0.25, 0.3) is 11.5 Å². The molecule has 0 atom stereocenters. The van der Waals surface area contributed by atoms with E-state index < -0.39 is 10.0 Å². The molecule has 41 heavy (non-hydrogen) atoms. The van der Waals surface area contributed by atoms with Crippen LogP contribution in [0.3, 0.4) is 0 Å². The summed E-state index contributed by atoms with van der Waals surface area (Å²) < 4.78 is 34.5. The Kier molecular flexibility index (Phi) is 9.04. The van der Waals surface area contributed by atoms with Crippen molar-refractivity contribution in [2.45, 2.75) is 57.3 Å². The highest BCUT2D eigenvalue weighted by Crippen LogP contribution is 2.26. The number of hydrogen-bond acceptors (Lipinski definition) is 5. The molecule has 218 valence electrons. The summed E-state index contributed by atoms with van der Waals surface area (Å²) in [5, 5.41) is 17.1. The molecule has 1 aliphatic heterocycles. The van der Waals surface area contributed by atoms with Crippen molar-refractivity contribution in [3.63, 3.8) is 0 Å². The van der Waals surface area contributed by atoms with Crippen LogP contribution in [0, 0.1) is 0 Å². The van der Waals surface area contributed by atoms with E-state index in [0.29, 0.717) is 43.3 Å². The maximum Gasteiger partial charge on any atom is 0.243 e. The molecule has 0 radical (unpaired) electrons. The van der Waals surface area contributed by atoms with Crippen LogP contribution in [0.4, 0.5) is 5.69 Å². The van der Waals surface area contributed by atoms with Gasteiger partial charge in [-0.1, -0.05) is 78.0 Å². The van der Waals surface area contributed by atoms with Crippen molar-refractivity contribution in [2.75, 3.05) is 31.6 Å². The van der Waals surface area contributed by atoms with Gasteiger partial charge in [-0.2, -0.15) is 8.87 Å². The lowest BCUT2D eigenvalue weighted by atomic mass is 9.86. The molecule has 9 heteroatoms. The number of aromatic nitrogens is 1. The molecule has 1 saturated heterocycles. The summed E-state index contributed by atoms with van der Waals surface area (Å²) in [6.07, 6.45) is 3.70. The quantitative estimate of drug-likeness (QED) is 0.193. The monoisotopic (exact) mass is 593 g/mol. The highest BCUT2D eigenvalue weighted by molar-refractivity contribution is 7.89. The Morgan fingerprint density at radius 3 is 1.88 bits per heavy atom. The van der Waals surface area contributed by atoms with E-state index in [0.717, 1.165) is 11.1 Å². The number of hydrogen-bond donors (Lipinski definition) is 1. The van der Waals surface area contributed by atoms with Crippen molar-refractivity contribution in [2.24, 2.45) is 0 Å². The summed E-state index contributed by atoms with van der Waals surface area (Å²) >= 11 is 5.79. The van der Waals surface area contributed by atoms with Gasteiger partial charge >= 0.3 is 0 Å². The Hall–Kier alpha value is -3.11. The molecular weight excluding hydrogens is 555 g/mol. The Balaban J connectivity index is 1.67. The highest BCUT2D eigenvalue weighted by atomic mass is 32.2. The highest BCUT2D eigenvalue weighted by Gasteiger charge is 2.27. The zero-order valence-corrected chi connectivity index (χ0v) is 26.2. The van der Waals surface area contributed by atoms with Crippen LogP contribution in [0.1, 0.15) is 58.2 Å². The largest absolute Gasteiger partial charge is 0.867 e. The van der Waals surface area contributed by atoms with Gasteiger partial charge < -0.3 is 15.2 Å². The summed E-state index contributed by atoms with van der Waals surface area (Å²) in [5.41, 5.74) is 3.58. The van der Waals surface area contributed by atoms with Gasteiger partial charge in [0.1, 0.15) is 0 Å². The average molecular weight is 594 g/mol. The number of ether oxygens (including phenoxy) is 1. The summed E-state index contributed by atoms with van der Waals surface area (Å²) in [6.45, 7) is 14.2. The first-order chi connectivity index (χ1) is 19.2. The van der Waals surface area contributed by atoms with Crippen molar-refractivity contribution in [1.29, 1.82) is 0 Å². The number of rotatable bonds is 6. The lowest BCUT2D eigenvalue weighted by Gasteiger charge is -2.26. The van der Waals surface area contributed by atoms with Crippen LogP contribution in [-0.2, 0) is 25.6 Å². The number of nitrogens with one attached hydrogen (secondary N) is 1. The van der Waals surface area contributed by atoms with Crippen LogP contribution in [0.5, 0.6) is 0 Å². The molecule has 0 amide bonds. The number of benzene rings is 2. The molecule has 4 rings (SSSR count). The number of morpholine rings is 1. The predicted molar refractivity (Wildman–Crippen MR) is 166 cm³/mol. The van der Waals surface area contributed by atoms with Crippen LogP contribution >= 0.6 is 12.2 Å². The summed E-state index contributed by atoms with van der Waals surface area (Å²) in [4.78, 5) is 0.425. The Morgan fingerprint density at radius 2 is 1.37 bits per heavy atom. The first-order valence-corrected chi connectivity index (χ1v) is 15.6. The van der Waals surface area contributed by atoms with E-state index in [-0.39, 0.29) is 26.5 Å². The van der Waals surface area contributed by atoms with Crippen molar-refractivity contribution in [3.8, 4) is 0 Å². The van der Waals surface area contributed by atoms with Crippen molar-refractivity contribution in [3.05, 3.63) is 89.7 Å². The minimum Gasteiger partial charge on any atom is -0.867 e. The molecule has 0 spiro atoms. The smallest absolute Gasteiger partial charge is 0.243 e. The van der Waals surface area contributed by atoms with Gasteiger partial charge in [0.05, 0.1) is 18.1 Å². The number of anilines is 1. The van der Waals surface area contributed by atoms with Crippen LogP contribution in [0.15, 0.2) is 78.0 Å². The minimum atomic E-state index is -3.62. The van der Waals surface area contributed by atoms with Crippen LogP contribution in [-0.4, -0.2) is 44.0 Å². The second-order valence-corrected chi connectivity index (χ2v) is 14.6. The Bertz CT molecular complexity index is 1510. The molecule has 2 aromatic carbocycles. The average Bonchev–Trinajstić information content (AvgIpc) is 2.93. The van der Waals surface area contributed by atoms with Crippen molar-refractivity contribution < 1.29 is 22.8 Å². The standard InChI is InChI=1S/C32H39N3O4S2/c1-31(2,3)24-9-7-23(8-10-24)29(36)28(34-17-15-25(16-18-34)32(4,5)6)30(40)33-26-11-13-27(14-12-26)41(37,38)35-19-21-39-22-20-35/h7-18H,19-22H2,1-6H3,(H-,33,36,40). The minimum absolute atomic E-state index is 0.0378. The fourth-order valence-corrected chi connectivity index (χ4v) is 6.23. The van der Waals surface area contributed by atoms with E-state index in [9.17, 15) is 13.5 Å². The molecule has 2 heterocycles. The van der Waals surface area contributed by atoms with Gasteiger partial charge in [0.15, 0.2) is 17.4 Å². The fraction of sp³-hybridized carbons (Fsp3) is 0.375. The maximum absolute atomic E-state index is 13.9. The SMILES string of the molecule is CC(C)(C)c1ccc(C([O-])=C(C(=S)Nc2ccc(S(=O)(=O)N3CCOCC3)cc2)[n+]2ccc(C(C)(C)C)cc2)cc1. The molecule has 3 aromatic rings. The van der Waals surface area contributed by atoms with E-state index in [1.165, 1.54) is 4.31 Å². The Morgan fingerprint density at radius 1 is 0.854 bits per heavy atom. The summed E-state index contributed by atoms with van der Waals surface area (Å²) in [7, 11) is -3.62. The van der Waals surface area contributed by atoms with Crippen LogP contribution in [0.2, 0.25) is 0 Å². The molecule has 0 saturated carbocycles. The normalized spacial score (nSPS) is 15.8.